The second-order valence-corrected chi connectivity index (χ2v) is 6.59. The highest BCUT2D eigenvalue weighted by Crippen LogP contribution is 2.57. The van der Waals surface area contributed by atoms with Crippen LogP contribution in [0, 0.1) is 5.92 Å². The molecule has 0 heterocycles. The van der Waals surface area contributed by atoms with Crippen molar-refractivity contribution >= 4 is 0 Å². The molecule has 1 fully saturated rings. The first kappa shape index (κ1) is 21.7. The van der Waals surface area contributed by atoms with Crippen LogP contribution in [0.1, 0.15) is 37.2 Å². The summed E-state index contributed by atoms with van der Waals surface area (Å²) in [4.78, 5) is 0. The van der Waals surface area contributed by atoms with Crippen LogP contribution >= 0.6 is 0 Å². The topological polar surface area (TPSA) is 9.23 Å². The Kier molecular flexibility index (Phi) is 5.69. The summed E-state index contributed by atoms with van der Waals surface area (Å²) in [6.45, 7) is 0. The van der Waals surface area contributed by atoms with Crippen LogP contribution in [0.3, 0.4) is 0 Å². The molecule has 0 N–H and O–H groups in total. The highest BCUT2D eigenvalue weighted by molar-refractivity contribution is 5.29. The molecule has 0 saturated heterocycles. The summed E-state index contributed by atoms with van der Waals surface area (Å²) in [5, 5.41) is 0. The van der Waals surface area contributed by atoms with Gasteiger partial charge in [0.25, 0.3) is 0 Å². The maximum absolute atomic E-state index is 14.0. The molecule has 0 atom stereocenters. The largest absolute Gasteiger partial charge is 0.497 e. The third kappa shape index (κ3) is 3.71. The molecule has 0 aliphatic heterocycles. The van der Waals surface area contributed by atoms with Crippen LogP contribution in [0.5, 0.6) is 5.75 Å². The molecule has 1 aliphatic rings. The number of halogens is 9. The summed E-state index contributed by atoms with van der Waals surface area (Å²) in [5.41, 5.74) is 0.727. The van der Waals surface area contributed by atoms with E-state index in [1.165, 1.54) is 7.11 Å². The van der Waals surface area contributed by atoms with Gasteiger partial charge in [-0.1, -0.05) is 12.1 Å². The van der Waals surface area contributed by atoms with Crippen molar-refractivity contribution in [3.8, 4) is 5.75 Å². The predicted molar refractivity (Wildman–Crippen MR) is 78.6 cm³/mol. The van der Waals surface area contributed by atoms with Gasteiger partial charge in [0, 0.05) is 5.92 Å². The quantitative estimate of drug-likeness (QED) is 0.510. The molecular weight excluding hydrogens is 391 g/mol. The molecule has 0 radical (unpaired) electrons. The van der Waals surface area contributed by atoms with Gasteiger partial charge in [-0.3, -0.25) is 0 Å². The van der Waals surface area contributed by atoms with E-state index in [0.717, 1.165) is 5.56 Å². The number of methoxy groups -OCH3 is 1. The molecule has 0 spiro atoms. The van der Waals surface area contributed by atoms with E-state index >= 15 is 0 Å². The van der Waals surface area contributed by atoms with Gasteiger partial charge in [-0.15, -0.1) is 0 Å². The van der Waals surface area contributed by atoms with Crippen molar-refractivity contribution in [2.45, 2.75) is 55.5 Å². The highest BCUT2D eigenvalue weighted by Gasteiger charge is 2.82. The minimum absolute atomic E-state index is 0.0275. The van der Waals surface area contributed by atoms with Gasteiger partial charge in [0.2, 0.25) is 0 Å². The lowest BCUT2D eigenvalue weighted by molar-refractivity contribution is -0.404. The Labute approximate surface area is 149 Å². The fraction of sp³-hybridized carbons (Fsp3) is 0.647. The summed E-state index contributed by atoms with van der Waals surface area (Å²) >= 11 is 0. The first-order valence-corrected chi connectivity index (χ1v) is 8.09. The zero-order valence-corrected chi connectivity index (χ0v) is 14.1. The minimum Gasteiger partial charge on any atom is -0.497 e. The summed E-state index contributed by atoms with van der Waals surface area (Å²) in [6.07, 6.45) is -8.01. The van der Waals surface area contributed by atoms with Crippen LogP contribution in [-0.4, -0.2) is 31.1 Å². The lowest BCUT2D eigenvalue weighted by Gasteiger charge is -2.40. The fourth-order valence-electron chi connectivity index (χ4n) is 3.31. The number of hydrogen-bond acceptors (Lipinski definition) is 1. The van der Waals surface area contributed by atoms with E-state index in [2.05, 4.69) is 0 Å². The Bertz CT molecular complexity index is 629. The lowest BCUT2D eigenvalue weighted by atomic mass is 9.74. The molecule has 2 rings (SSSR count). The van der Waals surface area contributed by atoms with Crippen LogP contribution in [0.4, 0.5) is 39.5 Å². The molecule has 27 heavy (non-hydrogen) atoms. The molecule has 1 aromatic rings. The van der Waals surface area contributed by atoms with Gasteiger partial charge in [-0.25, -0.2) is 0 Å². The second kappa shape index (κ2) is 7.09. The maximum Gasteiger partial charge on any atom is 0.460 e. The third-order valence-corrected chi connectivity index (χ3v) is 5.00. The van der Waals surface area contributed by atoms with Gasteiger partial charge in [0.15, 0.2) is 0 Å². The first-order chi connectivity index (χ1) is 12.3. The smallest absolute Gasteiger partial charge is 0.460 e. The molecule has 0 aromatic heterocycles. The van der Waals surface area contributed by atoms with Crippen molar-refractivity contribution in [2.75, 3.05) is 7.11 Å². The molecular formula is C17H17F9O. The zero-order valence-electron chi connectivity index (χ0n) is 14.1. The fourth-order valence-corrected chi connectivity index (χ4v) is 3.31. The van der Waals surface area contributed by atoms with Gasteiger partial charge in [-0.2, -0.15) is 39.5 Å². The van der Waals surface area contributed by atoms with E-state index in [-0.39, 0.29) is 18.8 Å². The molecule has 0 unspecified atom stereocenters. The lowest BCUT2D eigenvalue weighted by Crippen LogP contribution is -2.63. The molecule has 0 amide bonds. The predicted octanol–water partition coefficient (Wildman–Crippen LogP) is 6.44. The second-order valence-electron chi connectivity index (χ2n) is 6.59. The Balaban J connectivity index is 2.13. The molecule has 10 heteroatoms. The van der Waals surface area contributed by atoms with Crippen LogP contribution in [-0.2, 0) is 0 Å². The van der Waals surface area contributed by atoms with Gasteiger partial charge < -0.3 is 4.74 Å². The van der Waals surface area contributed by atoms with Crippen molar-refractivity contribution in [3.05, 3.63) is 29.8 Å². The van der Waals surface area contributed by atoms with Crippen molar-refractivity contribution in [1.82, 2.24) is 0 Å². The van der Waals surface area contributed by atoms with Crippen LogP contribution in [0.2, 0.25) is 0 Å². The van der Waals surface area contributed by atoms with Gasteiger partial charge >= 0.3 is 23.9 Å². The Morgan fingerprint density at radius 2 is 1.22 bits per heavy atom. The SMILES string of the molecule is COc1ccc([C@H]2CC[C@H](C(F)(F)C(F)(F)C(F)(F)C(F)(F)F)CC2)cc1. The van der Waals surface area contributed by atoms with Gasteiger partial charge in [-0.05, 0) is 49.3 Å². The van der Waals surface area contributed by atoms with Crippen LogP contribution < -0.4 is 4.74 Å². The maximum atomic E-state index is 14.0. The summed E-state index contributed by atoms with van der Waals surface area (Å²) in [5.74, 6) is -20.8. The normalized spacial score (nSPS) is 22.6. The molecule has 1 saturated carbocycles. The number of alkyl halides is 9. The van der Waals surface area contributed by atoms with Crippen LogP contribution in [0.25, 0.3) is 0 Å². The minimum atomic E-state index is -6.82. The van der Waals surface area contributed by atoms with E-state index in [4.69, 9.17) is 4.74 Å². The van der Waals surface area contributed by atoms with Crippen LogP contribution in [0.15, 0.2) is 24.3 Å². The molecule has 1 aliphatic carbocycles. The Morgan fingerprint density at radius 3 is 1.63 bits per heavy atom. The van der Waals surface area contributed by atoms with Gasteiger partial charge in [0.05, 0.1) is 7.11 Å². The number of hydrogen-bond donors (Lipinski definition) is 0. The first-order valence-electron chi connectivity index (χ1n) is 8.09. The van der Waals surface area contributed by atoms with E-state index in [1.54, 1.807) is 24.3 Å². The van der Waals surface area contributed by atoms with Crippen molar-refractivity contribution in [1.29, 1.82) is 0 Å². The third-order valence-electron chi connectivity index (χ3n) is 5.00. The highest BCUT2D eigenvalue weighted by atomic mass is 19.4. The van der Waals surface area contributed by atoms with E-state index in [9.17, 15) is 39.5 Å². The van der Waals surface area contributed by atoms with E-state index in [0.29, 0.717) is 5.75 Å². The standard InChI is InChI=1S/C17H17F9O/c1-27-13-8-4-11(5-9-13)10-2-6-12(7-3-10)14(18,19)15(20,21)16(22,23)17(24,25)26/h4-5,8-10,12H,2-3,6-7H2,1H3/t10-,12-. The monoisotopic (exact) mass is 408 g/mol. The van der Waals surface area contributed by atoms with Crippen molar-refractivity contribution in [3.63, 3.8) is 0 Å². The molecule has 1 nitrogen and oxygen atoms in total. The van der Waals surface area contributed by atoms with Crippen molar-refractivity contribution < 1.29 is 44.3 Å². The average Bonchev–Trinajstić information content (AvgIpc) is 2.60. The average molecular weight is 408 g/mol. The molecule has 154 valence electrons. The Hall–Kier alpha value is -1.61. The number of rotatable bonds is 5. The number of benzene rings is 1. The molecule has 1 aromatic carbocycles. The van der Waals surface area contributed by atoms with E-state index < -0.39 is 42.7 Å². The molecule has 0 bridgehead atoms. The summed E-state index contributed by atoms with van der Waals surface area (Å²) < 4.78 is 123. The summed E-state index contributed by atoms with van der Waals surface area (Å²) in [6, 6.07) is 6.56. The zero-order chi connectivity index (χ0) is 20.7. The van der Waals surface area contributed by atoms with Gasteiger partial charge in [0.1, 0.15) is 5.75 Å². The van der Waals surface area contributed by atoms with Crippen molar-refractivity contribution in [2.24, 2.45) is 5.92 Å². The number of ether oxygens (including phenoxy) is 1. The van der Waals surface area contributed by atoms with E-state index in [1.807, 2.05) is 0 Å². The Morgan fingerprint density at radius 1 is 0.741 bits per heavy atom. The summed E-state index contributed by atoms with van der Waals surface area (Å²) in [7, 11) is 1.44.